The number of hydrogen-bond acceptors (Lipinski definition) is 2. The summed E-state index contributed by atoms with van der Waals surface area (Å²) in [4.78, 5) is 12.0. The van der Waals surface area contributed by atoms with E-state index >= 15 is 0 Å². The molecule has 2 aromatic rings. The summed E-state index contributed by atoms with van der Waals surface area (Å²) in [6.45, 7) is 6.15. The molecule has 4 heteroatoms. The number of aromatic nitrogens is 2. The SMILES string of the molecule is CC(C)[C@@H](C)NC(=O)c1n[nH]c2ccccc12. The summed E-state index contributed by atoms with van der Waals surface area (Å²) in [6.07, 6.45) is 0. The predicted molar refractivity (Wildman–Crippen MR) is 67.9 cm³/mol. The van der Waals surface area contributed by atoms with E-state index in [2.05, 4.69) is 29.4 Å². The summed E-state index contributed by atoms with van der Waals surface area (Å²) in [7, 11) is 0. The number of nitrogens with zero attached hydrogens (tertiary/aromatic N) is 1. The summed E-state index contributed by atoms with van der Waals surface area (Å²) in [5.41, 5.74) is 1.35. The third kappa shape index (κ3) is 2.30. The van der Waals surface area contributed by atoms with Gasteiger partial charge in [0.05, 0.1) is 5.52 Å². The van der Waals surface area contributed by atoms with E-state index in [0.717, 1.165) is 10.9 Å². The lowest BCUT2D eigenvalue weighted by Gasteiger charge is -2.16. The second-order valence-electron chi connectivity index (χ2n) is 4.62. The molecule has 0 bridgehead atoms. The molecular formula is C13H17N3O. The Kier molecular flexibility index (Phi) is 3.13. The maximum atomic E-state index is 12.0. The molecule has 17 heavy (non-hydrogen) atoms. The Morgan fingerprint density at radius 3 is 2.71 bits per heavy atom. The van der Waals surface area contributed by atoms with Gasteiger partial charge < -0.3 is 5.32 Å². The Balaban J connectivity index is 2.25. The van der Waals surface area contributed by atoms with Crippen LogP contribution in [-0.2, 0) is 0 Å². The van der Waals surface area contributed by atoms with Crippen LogP contribution in [0.4, 0.5) is 0 Å². The fraction of sp³-hybridized carbons (Fsp3) is 0.385. The van der Waals surface area contributed by atoms with E-state index in [1.165, 1.54) is 0 Å². The molecular weight excluding hydrogens is 214 g/mol. The zero-order valence-corrected chi connectivity index (χ0v) is 10.3. The van der Waals surface area contributed by atoms with Gasteiger partial charge in [-0.25, -0.2) is 0 Å². The van der Waals surface area contributed by atoms with Gasteiger partial charge in [0, 0.05) is 11.4 Å². The molecule has 0 aliphatic heterocycles. The van der Waals surface area contributed by atoms with Crippen molar-refractivity contribution < 1.29 is 4.79 Å². The molecule has 0 unspecified atom stereocenters. The number of aromatic amines is 1. The van der Waals surface area contributed by atoms with Crippen molar-refractivity contribution in [3.63, 3.8) is 0 Å². The Bertz CT molecular complexity index is 530. The van der Waals surface area contributed by atoms with Gasteiger partial charge in [0.2, 0.25) is 0 Å². The third-order valence-electron chi connectivity index (χ3n) is 3.04. The van der Waals surface area contributed by atoms with Crippen molar-refractivity contribution in [2.24, 2.45) is 5.92 Å². The highest BCUT2D eigenvalue weighted by molar-refractivity contribution is 6.04. The average molecular weight is 231 g/mol. The van der Waals surface area contributed by atoms with Gasteiger partial charge in [0.15, 0.2) is 5.69 Å². The molecule has 1 aromatic carbocycles. The second kappa shape index (κ2) is 4.57. The highest BCUT2D eigenvalue weighted by Gasteiger charge is 2.17. The van der Waals surface area contributed by atoms with E-state index in [1.807, 2.05) is 31.2 Å². The van der Waals surface area contributed by atoms with Crippen LogP contribution in [0.1, 0.15) is 31.3 Å². The van der Waals surface area contributed by atoms with E-state index in [4.69, 9.17) is 0 Å². The number of nitrogens with one attached hydrogen (secondary N) is 2. The predicted octanol–water partition coefficient (Wildman–Crippen LogP) is 2.34. The summed E-state index contributed by atoms with van der Waals surface area (Å²) >= 11 is 0. The number of para-hydroxylation sites is 1. The molecule has 4 nitrogen and oxygen atoms in total. The first kappa shape index (κ1) is 11.6. The van der Waals surface area contributed by atoms with Crippen molar-refractivity contribution in [2.75, 3.05) is 0 Å². The third-order valence-corrected chi connectivity index (χ3v) is 3.04. The van der Waals surface area contributed by atoms with Gasteiger partial charge in [0.1, 0.15) is 0 Å². The van der Waals surface area contributed by atoms with E-state index < -0.39 is 0 Å². The van der Waals surface area contributed by atoms with Crippen molar-refractivity contribution in [3.05, 3.63) is 30.0 Å². The van der Waals surface area contributed by atoms with E-state index in [0.29, 0.717) is 11.6 Å². The highest BCUT2D eigenvalue weighted by atomic mass is 16.2. The van der Waals surface area contributed by atoms with Gasteiger partial charge >= 0.3 is 0 Å². The Labute approximate surface area is 100 Å². The van der Waals surface area contributed by atoms with Gasteiger partial charge in [-0.05, 0) is 18.9 Å². The molecule has 1 amide bonds. The normalized spacial score (nSPS) is 12.9. The molecule has 0 aliphatic carbocycles. The van der Waals surface area contributed by atoms with Crippen molar-refractivity contribution in [1.82, 2.24) is 15.5 Å². The topological polar surface area (TPSA) is 57.8 Å². The van der Waals surface area contributed by atoms with Crippen LogP contribution in [0.3, 0.4) is 0 Å². The first-order chi connectivity index (χ1) is 8.09. The molecule has 2 rings (SSSR count). The van der Waals surface area contributed by atoms with Gasteiger partial charge in [-0.2, -0.15) is 5.10 Å². The minimum Gasteiger partial charge on any atom is -0.348 e. The number of rotatable bonds is 3. The van der Waals surface area contributed by atoms with Crippen LogP contribution < -0.4 is 5.32 Å². The Hall–Kier alpha value is -1.84. The Morgan fingerprint density at radius 2 is 2.00 bits per heavy atom. The minimum atomic E-state index is -0.122. The van der Waals surface area contributed by atoms with Crippen LogP contribution >= 0.6 is 0 Å². The maximum absolute atomic E-state index is 12.0. The molecule has 90 valence electrons. The number of amides is 1. The fourth-order valence-electron chi connectivity index (χ4n) is 1.58. The molecule has 0 saturated carbocycles. The quantitative estimate of drug-likeness (QED) is 0.851. The second-order valence-corrected chi connectivity index (χ2v) is 4.62. The van der Waals surface area contributed by atoms with E-state index in [1.54, 1.807) is 0 Å². The van der Waals surface area contributed by atoms with Crippen LogP contribution in [0.15, 0.2) is 24.3 Å². The molecule has 1 aromatic heterocycles. The lowest BCUT2D eigenvalue weighted by Crippen LogP contribution is -2.36. The average Bonchev–Trinajstić information content (AvgIpc) is 2.72. The zero-order chi connectivity index (χ0) is 12.4. The summed E-state index contributed by atoms with van der Waals surface area (Å²) in [5, 5.41) is 10.7. The van der Waals surface area contributed by atoms with Crippen LogP contribution in [0.5, 0.6) is 0 Å². The Morgan fingerprint density at radius 1 is 1.29 bits per heavy atom. The summed E-state index contributed by atoms with van der Waals surface area (Å²) in [5.74, 6) is 0.285. The first-order valence-corrected chi connectivity index (χ1v) is 5.83. The van der Waals surface area contributed by atoms with E-state index in [-0.39, 0.29) is 11.9 Å². The number of carbonyl (C=O) groups excluding carboxylic acids is 1. The van der Waals surface area contributed by atoms with Gasteiger partial charge in [-0.1, -0.05) is 32.0 Å². The number of carbonyl (C=O) groups is 1. The molecule has 1 heterocycles. The van der Waals surface area contributed by atoms with Crippen molar-refractivity contribution >= 4 is 16.8 Å². The number of hydrogen-bond donors (Lipinski definition) is 2. The molecule has 0 saturated heterocycles. The standard InChI is InChI=1S/C13H17N3O/c1-8(2)9(3)14-13(17)12-10-6-4-5-7-11(10)15-16-12/h4-9H,1-3H3,(H,14,17)(H,15,16)/t9-/m1/s1. The molecule has 2 N–H and O–H groups in total. The largest absolute Gasteiger partial charge is 0.348 e. The molecule has 0 spiro atoms. The van der Waals surface area contributed by atoms with Gasteiger partial charge in [0.25, 0.3) is 5.91 Å². The van der Waals surface area contributed by atoms with Crippen LogP contribution in [0.25, 0.3) is 10.9 Å². The van der Waals surface area contributed by atoms with Gasteiger partial charge in [-0.15, -0.1) is 0 Å². The molecule has 0 aliphatic rings. The smallest absolute Gasteiger partial charge is 0.272 e. The van der Waals surface area contributed by atoms with Crippen LogP contribution in [-0.4, -0.2) is 22.1 Å². The maximum Gasteiger partial charge on any atom is 0.272 e. The van der Waals surface area contributed by atoms with Crippen LogP contribution in [0, 0.1) is 5.92 Å². The van der Waals surface area contributed by atoms with Crippen molar-refractivity contribution in [3.8, 4) is 0 Å². The molecule has 0 fully saturated rings. The van der Waals surface area contributed by atoms with E-state index in [9.17, 15) is 4.79 Å². The first-order valence-electron chi connectivity index (χ1n) is 5.83. The van der Waals surface area contributed by atoms with Gasteiger partial charge in [-0.3, -0.25) is 9.89 Å². The monoisotopic (exact) mass is 231 g/mol. The molecule has 1 atom stereocenters. The molecule has 0 radical (unpaired) electrons. The fourth-order valence-corrected chi connectivity index (χ4v) is 1.58. The highest BCUT2D eigenvalue weighted by Crippen LogP contribution is 2.15. The summed E-state index contributed by atoms with van der Waals surface area (Å²) < 4.78 is 0. The number of fused-ring (bicyclic) bond motifs is 1. The zero-order valence-electron chi connectivity index (χ0n) is 10.3. The van der Waals surface area contributed by atoms with Crippen molar-refractivity contribution in [1.29, 1.82) is 0 Å². The van der Waals surface area contributed by atoms with Crippen molar-refractivity contribution in [2.45, 2.75) is 26.8 Å². The lowest BCUT2D eigenvalue weighted by molar-refractivity contribution is 0.0927. The number of H-pyrrole nitrogens is 1. The van der Waals surface area contributed by atoms with Crippen LogP contribution in [0.2, 0.25) is 0 Å². The summed E-state index contributed by atoms with van der Waals surface area (Å²) in [6, 6.07) is 7.76. The minimum absolute atomic E-state index is 0.122. The number of benzene rings is 1. The lowest BCUT2D eigenvalue weighted by atomic mass is 10.1.